The van der Waals surface area contributed by atoms with Crippen molar-refractivity contribution in [1.82, 2.24) is 9.38 Å². The molecular weight excluding hydrogens is 258 g/mol. The molecule has 3 aromatic rings. The molecule has 3 rings (SSSR count). The second-order valence-electron chi connectivity index (χ2n) is 4.52. The molecular formula is C14H15N3OS. The molecule has 0 aliphatic rings. The van der Waals surface area contributed by atoms with Crippen molar-refractivity contribution < 1.29 is 4.74 Å². The Morgan fingerprint density at radius 3 is 2.89 bits per heavy atom. The zero-order chi connectivity index (χ0) is 13.2. The Bertz CT molecular complexity index is 672. The number of thiazole rings is 1. The summed E-state index contributed by atoms with van der Waals surface area (Å²) in [6.07, 6.45) is 2.74. The molecule has 4 nitrogen and oxygen atoms in total. The lowest BCUT2D eigenvalue weighted by molar-refractivity contribution is 0.456. The largest absolute Gasteiger partial charge is 0.437 e. The molecule has 0 spiro atoms. The second-order valence-corrected chi connectivity index (χ2v) is 5.39. The zero-order valence-electron chi connectivity index (χ0n) is 10.6. The first kappa shape index (κ1) is 12.2. The predicted octanol–water partition coefficient (Wildman–Crippen LogP) is 3.08. The lowest BCUT2D eigenvalue weighted by atomic mass is 10.2. The Hall–Kier alpha value is -1.85. The molecule has 1 aromatic carbocycles. The molecule has 2 aromatic heterocycles. The highest BCUT2D eigenvalue weighted by atomic mass is 32.1. The summed E-state index contributed by atoms with van der Waals surface area (Å²) in [6, 6.07) is 9.75. The van der Waals surface area contributed by atoms with E-state index >= 15 is 0 Å². The molecule has 0 saturated carbocycles. The van der Waals surface area contributed by atoms with Gasteiger partial charge in [-0.3, -0.25) is 4.40 Å². The van der Waals surface area contributed by atoms with Gasteiger partial charge in [-0.1, -0.05) is 18.2 Å². The van der Waals surface area contributed by atoms with Crippen molar-refractivity contribution in [1.29, 1.82) is 0 Å². The zero-order valence-corrected chi connectivity index (χ0v) is 11.4. The van der Waals surface area contributed by atoms with Crippen LogP contribution in [0.15, 0.2) is 41.9 Å². The standard InChI is InChI=1S/C14H15N3OS/c1-10(15)9-12-13(16-14-17(12)7-8-19-14)18-11-5-3-2-4-6-11/h2-8,10H,9,15H2,1H3. The van der Waals surface area contributed by atoms with E-state index in [1.54, 1.807) is 11.3 Å². The monoisotopic (exact) mass is 273 g/mol. The van der Waals surface area contributed by atoms with Crippen molar-refractivity contribution in [2.24, 2.45) is 5.73 Å². The van der Waals surface area contributed by atoms with Gasteiger partial charge < -0.3 is 10.5 Å². The van der Waals surface area contributed by atoms with Gasteiger partial charge in [0, 0.05) is 24.0 Å². The van der Waals surface area contributed by atoms with E-state index in [9.17, 15) is 0 Å². The third kappa shape index (κ3) is 2.47. The van der Waals surface area contributed by atoms with E-state index in [2.05, 4.69) is 4.98 Å². The van der Waals surface area contributed by atoms with Gasteiger partial charge >= 0.3 is 0 Å². The van der Waals surface area contributed by atoms with Crippen LogP contribution in [0.4, 0.5) is 0 Å². The van der Waals surface area contributed by atoms with Crippen molar-refractivity contribution in [2.75, 3.05) is 0 Å². The third-order valence-corrected chi connectivity index (χ3v) is 3.55. The highest BCUT2D eigenvalue weighted by Crippen LogP contribution is 2.28. The molecule has 0 saturated heterocycles. The maximum Gasteiger partial charge on any atom is 0.242 e. The number of rotatable bonds is 4. The van der Waals surface area contributed by atoms with E-state index in [0.717, 1.165) is 22.8 Å². The van der Waals surface area contributed by atoms with Crippen molar-refractivity contribution in [3.05, 3.63) is 47.6 Å². The average molecular weight is 273 g/mol. The van der Waals surface area contributed by atoms with Crippen LogP contribution in [0.25, 0.3) is 4.96 Å². The number of benzene rings is 1. The predicted molar refractivity (Wildman–Crippen MR) is 76.9 cm³/mol. The van der Waals surface area contributed by atoms with Gasteiger partial charge in [0.05, 0.1) is 5.69 Å². The van der Waals surface area contributed by atoms with Crippen molar-refractivity contribution in [3.63, 3.8) is 0 Å². The molecule has 0 aliphatic carbocycles. The number of imidazole rings is 1. The molecule has 0 amide bonds. The van der Waals surface area contributed by atoms with Crippen molar-refractivity contribution >= 4 is 16.3 Å². The van der Waals surface area contributed by atoms with Gasteiger partial charge in [-0.05, 0) is 19.1 Å². The lowest BCUT2D eigenvalue weighted by Gasteiger charge is -2.08. The lowest BCUT2D eigenvalue weighted by Crippen LogP contribution is -2.19. The number of aromatic nitrogens is 2. The van der Waals surface area contributed by atoms with Gasteiger partial charge in [0.15, 0.2) is 4.96 Å². The quantitative estimate of drug-likeness (QED) is 0.794. The van der Waals surface area contributed by atoms with Gasteiger partial charge in [0.1, 0.15) is 5.75 Å². The van der Waals surface area contributed by atoms with Gasteiger partial charge in [0.25, 0.3) is 0 Å². The first-order chi connectivity index (χ1) is 9.24. The number of hydrogen-bond acceptors (Lipinski definition) is 4. The highest BCUT2D eigenvalue weighted by molar-refractivity contribution is 7.15. The molecule has 0 radical (unpaired) electrons. The van der Waals surface area contributed by atoms with E-state index in [1.165, 1.54) is 0 Å². The van der Waals surface area contributed by atoms with Crippen LogP contribution in [-0.4, -0.2) is 15.4 Å². The Labute approximate surface area is 115 Å². The number of nitrogens with two attached hydrogens (primary N) is 1. The fourth-order valence-electron chi connectivity index (χ4n) is 1.99. The van der Waals surface area contributed by atoms with Crippen LogP contribution in [0, 0.1) is 0 Å². The highest BCUT2D eigenvalue weighted by Gasteiger charge is 2.16. The molecule has 2 heterocycles. The molecule has 98 valence electrons. The van der Waals surface area contributed by atoms with Crippen LogP contribution < -0.4 is 10.5 Å². The molecule has 1 atom stereocenters. The van der Waals surface area contributed by atoms with Gasteiger partial charge in [-0.15, -0.1) is 11.3 Å². The summed E-state index contributed by atoms with van der Waals surface area (Å²) in [5, 5.41) is 2.01. The summed E-state index contributed by atoms with van der Waals surface area (Å²) < 4.78 is 7.92. The van der Waals surface area contributed by atoms with Crippen LogP contribution in [0.5, 0.6) is 11.6 Å². The maximum absolute atomic E-state index is 5.91. The SMILES string of the molecule is CC(N)Cc1c(Oc2ccccc2)nc2sccn12. The van der Waals surface area contributed by atoms with E-state index in [0.29, 0.717) is 5.88 Å². The van der Waals surface area contributed by atoms with Crippen LogP contribution in [0.3, 0.4) is 0 Å². The van der Waals surface area contributed by atoms with Crippen LogP contribution in [0.2, 0.25) is 0 Å². The number of fused-ring (bicyclic) bond motifs is 1. The van der Waals surface area contributed by atoms with Gasteiger partial charge in [-0.25, -0.2) is 0 Å². The Morgan fingerprint density at radius 1 is 1.37 bits per heavy atom. The summed E-state index contributed by atoms with van der Waals surface area (Å²) in [5.41, 5.74) is 6.94. The normalized spacial score (nSPS) is 12.7. The summed E-state index contributed by atoms with van der Waals surface area (Å²) in [7, 11) is 0. The van der Waals surface area contributed by atoms with E-state index in [1.807, 2.05) is 53.2 Å². The molecule has 5 heteroatoms. The summed E-state index contributed by atoms with van der Waals surface area (Å²) >= 11 is 1.59. The number of ether oxygens (including phenoxy) is 1. The Balaban J connectivity index is 2.00. The second kappa shape index (κ2) is 5.03. The van der Waals surface area contributed by atoms with Crippen molar-refractivity contribution in [3.8, 4) is 11.6 Å². The summed E-state index contributed by atoms with van der Waals surface area (Å²) in [6.45, 7) is 1.98. The third-order valence-electron chi connectivity index (χ3n) is 2.80. The maximum atomic E-state index is 5.91. The first-order valence-electron chi connectivity index (χ1n) is 6.17. The van der Waals surface area contributed by atoms with Crippen LogP contribution >= 0.6 is 11.3 Å². The minimum Gasteiger partial charge on any atom is -0.437 e. The Morgan fingerprint density at radius 2 is 2.16 bits per heavy atom. The van der Waals surface area contributed by atoms with Crippen LogP contribution in [-0.2, 0) is 6.42 Å². The molecule has 0 fully saturated rings. The fraction of sp³-hybridized carbons (Fsp3) is 0.214. The molecule has 19 heavy (non-hydrogen) atoms. The van der Waals surface area contributed by atoms with Gasteiger partial charge in [-0.2, -0.15) is 4.98 Å². The average Bonchev–Trinajstić information content (AvgIpc) is 2.94. The fourth-order valence-corrected chi connectivity index (χ4v) is 2.71. The number of para-hydroxylation sites is 1. The number of hydrogen-bond donors (Lipinski definition) is 1. The van der Waals surface area contributed by atoms with Gasteiger partial charge in [0.2, 0.25) is 5.88 Å². The smallest absolute Gasteiger partial charge is 0.242 e. The van der Waals surface area contributed by atoms with Crippen molar-refractivity contribution in [2.45, 2.75) is 19.4 Å². The molecule has 1 unspecified atom stereocenters. The minimum atomic E-state index is 0.0675. The summed E-state index contributed by atoms with van der Waals surface area (Å²) in [4.78, 5) is 5.46. The molecule has 2 N–H and O–H groups in total. The van der Waals surface area contributed by atoms with E-state index in [4.69, 9.17) is 10.5 Å². The molecule has 0 aliphatic heterocycles. The van der Waals surface area contributed by atoms with E-state index in [-0.39, 0.29) is 6.04 Å². The Kier molecular flexibility index (Phi) is 3.23. The minimum absolute atomic E-state index is 0.0675. The van der Waals surface area contributed by atoms with Crippen LogP contribution in [0.1, 0.15) is 12.6 Å². The molecule has 0 bridgehead atoms. The first-order valence-corrected chi connectivity index (χ1v) is 7.05. The van der Waals surface area contributed by atoms with E-state index < -0.39 is 0 Å². The topological polar surface area (TPSA) is 52.5 Å². The number of nitrogens with zero attached hydrogens (tertiary/aromatic N) is 2. The summed E-state index contributed by atoms with van der Waals surface area (Å²) in [5.74, 6) is 1.44.